The predicted octanol–water partition coefficient (Wildman–Crippen LogP) is 4.51. The van der Waals surface area contributed by atoms with Crippen LogP contribution in [0.1, 0.15) is 30.1 Å². The van der Waals surface area contributed by atoms with Crippen molar-refractivity contribution in [1.29, 1.82) is 0 Å². The minimum Gasteiger partial charge on any atom is -0.419 e. The van der Waals surface area contributed by atoms with Crippen LogP contribution in [-0.4, -0.2) is 33.3 Å². The third-order valence-electron chi connectivity index (χ3n) is 4.01. The van der Waals surface area contributed by atoms with Gasteiger partial charge in [-0.15, -0.1) is 22.0 Å². The van der Waals surface area contributed by atoms with Gasteiger partial charge in [-0.1, -0.05) is 30.3 Å². The Morgan fingerprint density at radius 3 is 2.46 bits per heavy atom. The number of carbonyl (C=O) groups is 1. The van der Waals surface area contributed by atoms with Gasteiger partial charge in [0.1, 0.15) is 0 Å². The van der Waals surface area contributed by atoms with E-state index < -0.39 is 0 Å². The van der Waals surface area contributed by atoms with Gasteiger partial charge in [0.2, 0.25) is 11.8 Å². The molecule has 1 aromatic heterocycles. The molecule has 0 spiro atoms. The second-order valence-electron chi connectivity index (χ2n) is 6.09. The average Bonchev–Trinajstić information content (AvgIpc) is 3.15. The van der Waals surface area contributed by atoms with Crippen molar-refractivity contribution in [2.24, 2.45) is 0 Å². The largest absolute Gasteiger partial charge is 0.419 e. The predicted molar refractivity (Wildman–Crippen MR) is 103 cm³/mol. The van der Waals surface area contributed by atoms with Crippen LogP contribution in [0.3, 0.4) is 0 Å². The fraction of sp³-hybridized carbons (Fsp3) is 0.250. The van der Waals surface area contributed by atoms with Gasteiger partial charge in [0, 0.05) is 16.5 Å². The molecule has 1 amide bonds. The normalized spacial score (nSPS) is 10.9. The van der Waals surface area contributed by atoms with Crippen LogP contribution in [0.25, 0.3) is 11.5 Å². The minimum atomic E-state index is -0.0376. The van der Waals surface area contributed by atoms with Gasteiger partial charge in [-0.05, 0) is 44.4 Å². The lowest BCUT2D eigenvalue weighted by molar-refractivity contribution is 0.0669. The highest BCUT2D eigenvalue weighted by Crippen LogP contribution is 2.24. The van der Waals surface area contributed by atoms with Gasteiger partial charge < -0.3 is 9.32 Å². The molecule has 0 atom stereocenters. The Kier molecular flexibility index (Phi) is 5.73. The fourth-order valence-corrected chi connectivity index (χ4v) is 3.22. The van der Waals surface area contributed by atoms with Gasteiger partial charge in [-0.25, -0.2) is 0 Å². The van der Waals surface area contributed by atoms with Crippen molar-refractivity contribution in [3.63, 3.8) is 0 Å². The maximum absolute atomic E-state index is 13.1. The minimum absolute atomic E-state index is 0.00416. The average molecular weight is 367 g/mol. The zero-order valence-corrected chi connectivity index (χ0v) is 15.9. The number of aromatic nitrogens is 2. The first-order valence-corrected chi connectivity index (χ1v) is 9.64. The monoisotopic (exact) mass is 367 g/mol. The molecule has 3 aromatic rings. The van der Waals surface area contributed by atoms with E-state index in [1.165, 1.54) is 0 Å². The van der Waals surface area contributed by atoms with Crippen molar-refractivity contribution in [1.82, 2.24) is 15.1 Å². The van der Waals surface area contributed by atoms with Crippen molar-refractivity contribution in [3.8, 4) is 11.5 Å². The Balaban J connectivity index is 1.83. The third-order valence-corrected chi connectivity index (χ3v) is 4.81. The van der Waals surface area contributed by atoms with E-state index in [1.807, 2.05) is 74.7 Å². The van der Waals surface area contributed by atoms with Crippen molar-refractivity contribution in [2.75, 3.05) is 6.26 Å². The summed E-state index contributed by atoms with van der Waals surface area (Å²) >= 11 is 1.56. The molecule has 6 heteroatoms. The molecule has 0 saturated carbocycles. The highest BCUT2D eigenvalue weighted by molar-refractivity contribution is 7.98. The summed E-state index contributed by atoms with van der Waals surface area (Å²) in [6.07, 6.45) is 1.97. The topological polar surface area (TPSA) is 59.2 Å². The van der Waals surface area contributed by atoms with E-state index in [4.69, 9.17) is 4.42 Å². The van der Waals surface area contributed by atoms with Crippen LogP contribution in [-0.2, 0) is 6.54 Å². The van der Waals surface area contributed by atoms with Crippen molar-refractivity contribution >= 4 is 17.7 Å². The van der Waals surface area contributed by atoms with Gasteiger partial charge >= 0.3 is 0 Å². The molecule has 0 unspecified atom stereocenters. The van der Waals surface area contributed by atoms with E-state index in [1.54, 1.807) is 16.7 Å². The zero-order chi connectivity index (χ0) is 18.5. The number of amides is 1. The summed E-state index contributed by atoms with van der Waals surface area (Å²) < 4.78 is 5.77. The van der Waals surface area contributed by atoms with Crippen molar-refractivity contribution < 1.29 is 9.21 Å². The van der Waals surface area contributed by atoms with Gasteiger partial charge in [0.15, 0.2) is 0 Å². The molecule has 0 saturated heterocycles. The smallest absolute Gasteiger partial charge is 0.255 e. The Hall–Kier alpha value is -2.60. The van der Waals surface area contributed by atoms with E-state index in [0.717, 1.165) is 10.5 Å². The van der Waals surface area contributed by atoms with E-state index in [-0.39, 0.29) is 18.5 Å². The first kappa shape index (κ1) is 18.2. The van der Waals surface area contributed by atoms with Gasteiger partial charge in [-0.3, -0.25) is 4.79 Å². The van der Waals surface area contributed by atoms with Crippen LogP contribution >= 0.6 is 11.8 Å². The Bertz CT molecular complexity index is 878. The molecule has 5 nitrogen and oxygen atoms in total. The SMILES string of the molecule is CSc1ccccc1C(=O)N(Cc1nnc(-c2ccccc2)o1)C(C)C. The van der Waals surface area contributed by atoms with Gasteiger partial charge in [-0.2, -0.15) is 0 Å². The number of hydrogen-bond donors (Lipinski definition) is 0. The lowest BCUT2D eigenvalue weighted by Crippen LogP contribution is -2.36. The second-order valence-corrected chi connectivity index (χ2v) is 6.94. The lowest BCUT2D eigenvalue weighted by atomic mass is 10.1. The highest BCUT2D eigenvalue weighted by Gasteiger charge is 2.23. The summed E-state index contributed by atoms with van der Waals surface area (Å²) in [4.78, 5) is 15.8. The Labute approximate surface area is 157 Å². The maximum atomic E-state index is 13.1. The molecule has 0 bridgehead atoms. The van der Waals surface area contributed by atoms with Crippen LogP contribution in [0, 0.1) is 0 Å². The van der Waals surface area contributed by atoms with Crippen LogP contribution in [0.5, 0.6) is 0 Å². The van der Waals surface area contributed by atoms with Crippen LogP contribution < -0.4 is 0 Å². The molecule has 0 N–H and O–H groups in total. The molecular formula is C20H21N3O2S. The number of hydrogen-bond acceptors (Lipinski definition) is 5. The molecule has 134 valence electrons. The fourth-order valence-electron chi connectivity index (χ4n) is 2.63. The highest BCUT2D eigenvalue weighted by atomic mass is 32.2. The number of rotatable bonds is 6. The molecule has 1 heterocycles. The van der Waals surface area contributed by atoms with Crippen LogP contribution in [0.4, 0.5) is 0 Å². The quantitative estimate of drug-likeness (QED) is 0.600. The van der Waals surface area contributed by atoms with E-state index in [2.05, 4.69) is 10.2 Å². The van der Waals surface area contributed by atoms with E-state index >= 15 is 0 Å². The molecular weight excluding hydrogens is 346 g/mol. The summed E-state index contributed by atoms with van der Waals surface area (Å²) in [7, 11) is 0. The van der Waals surface area contributed by atoms with E-state index in [9.17, 15) is 4.79 Å². The summed E-state index contributed by atoms with van der Waals surface area (Å²) in [5.74, 6) is 0.846. The number of nitrogens with zero attached hydrogens (tertiary/aromatic N) is 3. The first-order chi connectivity index (χ1) is 12.6. The van der Waals surface area contributed by atoms with Gasteiger partial charge in [0.05, 0.1) is 12.1 Å². The summed E-state index contributed by atoms with van der Waals surface area (Å²) in [5.41, 5.74) is 1.55. The lowest BCUT2D eigenvalue weighted by Gasteiger charge is -2.26. The Morgan fingerprint density at radius 2 is 1.77 bits per heavy atom. The zero-order valence-electron chi connectivity index (χ0n) is 15.0. The molecule has 2 aromatic carbocycles. The summed E-state index contributed by atoms with van der Waals surface area (Å²) in [6, 6.07) is 17.2. The van der Waals surface area contributed by atoms with Crippen LogP contribution in [0.2, 0.25) is 0 Å². The molecule has 3 rings (SSSR count). The number of carbonyl (C=O) groups excluding carboxylic acids is 1. The maximum Gasteiger partial charge on any atom is 0.255 e. The number of thioether (sulfide) groups is 1. The summed E-state index contributed by atoms with van der Waals surface area (Å²) in [6.45, 7) is 4.24. The molecule has 0 aliphatic rings. The Morgan fingerprint density at radius 1 is 1.08 bits per heavy atom. The van der Waals surface area contributed by atoms with Crippen LogP contribution in [0.15, 0.2) is 63.9 Å². The molecule has 0 aliphatic carbocycles. The molecule has 26 heavy (non-hydrogen) atoms. The van der Waals surface area contributed by atoms with Gasteiger partial charge in [0.25, 0.3) is 5.91 Å². The summed E-state index contributed by atoms with van der Waals surface area (Å²) in [5, 5.41) is 8.22. The second kappa shape index (κ2) is 8.19. The van der Waals surface area contributed by atoms with Crippen molar-refractivity contribution in [3.05, 3.63) is 66.1 Å². The molecule has 0 aliphatic heterocycles. The standard InChI is InChI=1S/C20H21N3O2S/c1-14(2)23(20(24)16-11-7-8-12-17(16)26-3)13-18-21-22-19(25-18)15-9-5-4-6-10-15/h4-12,14H,13H2,1-3H3. The van der Waals surface area contributed by atoms with E-state index in [0.29, 0.717) is 17.3 Å². The first-order valence-electron chi connectivity index (χ1n) is 8.42. The van der Waals surface area contributed by atoms with Crippen molar-refractivity contribution in [2.45, 2.75) is 31.3 Å². The molecule has 0 radical (unpaired) electrons. The number of benzene rings is 2. The molecule has 0 fully saturated rings. The third kappa shape index (κ3) is 3.96.